The van der Waals surface area contributed by atoms with Crippen molar-refractivity contribution in [2.75, 3.05) is 19.7 Å². The van der Waals surface area contributed by atoms with Gasteiger partial charge in [-0.2, -0.15) is 9.61 Å². The van der Waals surface area contributed by atoms with Gasteiger partial charge in [-0.05, 0) is 6.92 Å². The molecule has 3 aromatic rings. The summed E-state index contributed by atoms with van der Waals surface area (Å²) in [6.07, 6.45) is 1.80. The van der Waals surface area contributed by atoms with Gasteiger partial charge >= 0.3 is 0 Å². The molecule has 0 radical (unpaired) electrons. The van der Waals surface area contributed by atoms with Gasteiger partial charge in [0.05, 0.1) is 12.3 Å². The second kappa shape index (κ2) is 6.08. The number of nitrogens with zero attached hydrogens (tertiary/aromatic N) is 5. The van der Waals surface area contributed by atoms with Crippen LogP contribution in [0.15, 0.2) is 22.4 Å². The normalized spacial score (nSPS) is 19.4. The Bertz CT molecular complexity index is 873. The van der Waals surface area contributed by atoms with E-state index >= 15 is 0 Å². The van der Waals surface area contributed by atoms with E-state index in [4.69, 9.17) is 4.74 Å². The predicted molar refractivity (Wildman–Crippen MR) is 88.0 cm³/mol. The Balaban J connectivity index is 1.54. The Morgan fingerprint density at radius 1 is 1.48 bits per heavy atom. The summed E-state index contributed by atoms with van der Waals surface area (Å²) < 4.78 is 7.16. The molecule has 4 rings (SSSR count). The molecular formula is C14H15N5O2S2. The Hall–Kier alpha value is -1.68. The number of morpholine rings is 1. The molecule has 7 nitrogen and oxygen atoms in total. The highest BCUT2D eigenvalue weighted by Gasteiger charge is 2.24. The van der Waals surface area contributed by atoms with E-state index < -0.39 is 0 Å². The lowest BCUT2D eigenvalue weighted by Gasteiger charge is -2.31. The molecule has 3 aromatic heterocycles. The number of thiazole rings is 1. The van der Waals surface area contributed by atoms with E-state index in [-0.39, 0.29) is 11.7 Å². The first kappa shape index (κ1) is 14.9. The fraction of sp³-hybridized carbons (Fsp3) is 0.429. The summed E-state index contributed by atoms with van der Waals surface area (Å²) in [7, 11) is 0. The largest absolute Gasteiger partial charge is 0.368 e. The Kier molecular flexibility index (Phi) is 3.93. The molecule has 0 aromatic carbocycles. The van der Waals surface area contributed by atoms with Crippen LogP contribution in [-0.2, 0) is 11.3 Å². The van der Waals surface area contributed by atoms with Gasteiger partial charge in [0, 0.05) is 37.3 Å². The summed E-state index contributed by atoms with van der Waals surface area (Å²) in [6.45, 7) is 4.75. The number of hydrogen-bond donors (Lipinski definition) is 0. The molecule has 1 fully saturated rings. The third-order valence-electron chi connectivity index (χ3n) is 3.66. The van der Waals surface area contributed by atoms with Gasteiger partial charge in [0.1, 0.15) is 16.1 Å². The smallest absolute Gasteiger partial charge is 0.275 e. The van der Waals surface area contributed by atoms with Crippen molar-refractivity contribution in [2.24, 2.45) is 0 Å². The van der Waals surface area contributed by atoms with Crippen molar-refractivity contribution in [3.05, 3.63) is 43.7 Å². The standard InChI is InChI=1S/C14H15N5O2S2/c1-9-17-19-12(20)6-10(16-14(19)23-9)7-18-3-4-21-11(8-18)13-15-2-5-22-13/h2,5-6,11H,3-4,7-8H2,1H3/t11-/m0/s1. The molecule has 0 aliphatic carbocycles. The summed E-state index contributed by atoms with van der Waals surface area (Å²) in [6, 6.07) is 1.57. The Morgan fingerprint density at radius 3 is 3.22 bits per heavy atom. The van der Waals surface area contributed by atoms with E-state index in [1.807, 2.05) is 12.3 Å². The zero-order chi connectivity index (χ0) is 15.8. The quantitative estimate of drug-likeness (QED) is 0.713. The van der Waals surface area contributed by atoms with Crippen LogP contribution in [-0.4, -0.2) is 44.2 Å². The molecule has 4 heterocycles. The summed E-state index contributed by atoms with van der Waals surface area (Å²) in [4.78, 5) is 23.9. The van der Waals surface area contributed by atoms with Gasteiger partial charge in [0.15, 0.2) is 0 Å². The van der Waals surface area contributed by atoms with Crippen molar-refractivity contribution in [3.63, 3.8) is 0 Å². The minimum absolute atomic E-state index is 0.000716. The molecule has 1 atom stereocenters. The maximum atomic E-state index is 12.1. The second-order valence-electron chi connectivity index (χ2n) is 5.37. The van der Waals surface area contributed by atoms with Crippen molar-refractivity contribution >= 4 is 27.6 Å². The zero-order valence-corrected chi connectivity index (χ0v) is 14.1. The first-order chi connectivity index (χ1) is 11.2. The van der Waals surface area contributed by atoms with Gasteiger partial charge in [-0.25, -0.2) is 9.97 Å². The SMILES string of the molecule is Cc1nn2c(=O)cc(CN3CCO[C@H](c4nccs4)C3)nc2s1. The van der Waals surface area contributed by atoms with Gasteiger partial charge in [-0.1, -0.05) is 11.3 Å². The van der Waals surface area contributed by atoms with Gasteiger partial charge in [-0.3, -0.25) is 9.69 Å². The molecule has 23 heavy (non-hydrogen) atoms. The molecule has 0 N–H and O–H groups in total. The first-order valence-corrected chi connectivity index (χ1v) is 8.98. The Labute approximate surface area is 140 Å². The molecule has 1 saturated heterocycles. The lowest BCUT2D eigenvalue weighted by molar-refractivity contribution is -0.0333. The van der Waals surface area contributed by atoms with E-state index in [2.05, 4.69) is 20.0 Å². The number of hydrogen-bond acceptors (Lipinski definition) is 8. The average Bonchev–Trinajstić information content (AvgIpc) is 3.16. The molecule has 0 spiro atoms. The molecule has 1 aliphatic heterocycles. The van der Waals surface area contributed by atoms with Crippen LogP contribution in [0.3, 0.4) is 0 Å². The molecule has 0 saturated carbocycles. The van der Waals surface area contributed by atoms with Crippen LogP contribution in [0.1, 0.15) is 21.8 Å². The fourth-order valence-electron chi connectivity index (χ4n) is 2.65. The molecule has 0 unspecified atom stereocenters. The van der Waals surface area contributed by atoms with Crippen LogP contribution >= 0.6 is 22.7 Å². The number of aryl methyl sites for hydroxylation is 1. The van der Waals surface area contributed by atoms with E-state index in [1.165, 1.54) is 15.9 Å². The van der Waals surface area contributed by atoms with E-state index in [0.717, 1.165) is 28.8 Å². The van der Waals surface area contributed by atoms with Gasteiger partial charge in [0.25, 0.3) is 5.56 Å². The summed E-state index contributed by atoms with van der Waals surface area (Å²) in [5.41, 5.74) is 0.650. The summed E-state index contributed by atoms with van der Waals surface area (Å²) >= 11 is 3.04. The van der Waals surface area contributed by atoms with Crippen molar-refractivity contribution in [1.29, 1.82) is 0 Å². The van der Waals surface area contributed by atoms with Crippen LogP contribution < -0.4 is 5.56 Å². The highest BCUT2D eigenvalue weighted by molar-refractivity contribution is 7.16. The lowest BCUT2D eigenvalue weighted by atomic mass is 10.2. The molecule has 0 amide bonds. The van der Waals surface area contributed by atoms with Crippen LogP contribution in [0.4, 0.5) is 0 Å². The van der Waals surface area contributed by atoms with E-state index in [0.29, 0.717) is 18.1 Å². The topological polar surface area (TPSA) is 72.6 Å². The molecule has 0 bridgehead atoms. The molecule has 1 aliphatic rings. The minimum atomic E-state index is -0.126. The molecular weight excluding hydrogens is 334 g/mol. The number of fused-ring (bicyclic) bond motifs is 1. The van der Waals surface area contributed by atoms with Crippen LogP contribution in [0.25, 0.3) is 4.96 Å². The van der Waals surface area contributed by atoms with Gasteiger partial charge < -0.3 is 4.74 Å². The first-order valence-electron chi connectivity index (χ1n) is 7.29. The maximum absolute atomic E-state index is 12.1. The lowest BCUT2D eigenvalue weighted by Crippen LogP contribution is -2.38. The number of aromatic nitrogens is 4. The average molecular weight is 349 g/mol. The van der Waals surface area contributed by atoms with Crippen LogP contribution in [0, 0.1) is 6.92 Å². The van der Waals surface area contributed by atoms with Crippen molar-refractivity contribution in [1.82, 2.24) is 24.5 Å². The highest BCUT2D eigenvalue weighted by Crippen LogP contribution is 2.24. The Morgan fingerprint density at radius 2 is 2.39 bits per heavy atom. The predicted octanol–water partition coefficient (Wildman–Crippen LogP) is 1.49. The molecule has 9 heteroatoms. The monoisotopic (exact) mass is 349 g/mol. The summed E-state index contributed by atoms with van der Waals surface area (Å²) in [5.74, 6) is 0. The van der Waals surface area contributed by atoms with E-state index in [9.17, 15) is 4.79 Å². The van der Waals surface area contributed by atoms with Crippen molar-refractivity contribution in [3.8, 4) is 0 Å². The van der Waals surface area contributed by atoms with E-state index in [1.54, 1.807) is 23.6 Å². The van der Waals surface area contributed by atoms with Crippen LogP contribution in [0.2, 0.25) is 0 Å². The highest BCUT2D eigenvalue weighted by atomic mass is 32.1. The number of rotatable bonds is 3. The number of ether oxygens (including phenoxy) is 1. The second-order valence-corrected chi connectivity index (χ2v) is 7.45. The van der Waals surface area contributed by atoms with Gasteiger partial charge in [-0.15, -0.1) is 11.3 Å². The third kappa shape index (κ3) is 3.05. The van der Waals surface area contributed by atoms with Crippen molar-refractivity contribution < 1.29 is 4.74 Å². The third-order valence-corrected chi connectivity index (χ3v) is 5.35. The maximum Gasteiger partial charge on any atom is 0.275 e. The van der Waals surface area contributed by atoms with Gasteiger partial charge in [0.2, 0.25) is 4.96 Å². The summed E-state index contributed by atoms with van der Waals surface area (Å²) in [5, 5.41) is 7.96. The zero-order valence-electron chi connectivity index (χ0n) is 12.5. The minimum Gasteiger partial charge on any atom is -0.368 e. The fourth-order valence-corrected chi connectivity index (χ4v) is 4.10. The molecule has 120 valence electrons. The van der Waals surface area contributed by atoms with Crippen molar-refractivity contribution in [2.45, 2.75) is 19.6 Å². The van der Waals surface area contributed by atoms with Crippen LogP contribution in [0.5, 0.6) is 0 Å².